The fourth-order valence-electron chi connectivity index (χ4n) is 17.4. The molecule has 510 valence electrons. The van der Waals surface area contributed by atoms with E-state index >= 15 is 0 Å². The van der Waals surface area contributed by atoms with E-state index in [1.807, 2.05) is 127 Å². The lowest BCUT2D eigenvalue weighted by molar-refractivity contribution is 0.436. The first-order valence-corrected chi connectivity index (χ1v) is 36.7. The van der Waals surface area contributed by atoms with E-state index in [4.69, 9.17) is 39.4 Å². The van der Waals surface area contributed by atoms with Crippen LogP contribution in [0.3, 0.4) is 0 Å². The second kappa shape index (κ2) is 25.3. The number of hydrogen-bond donors (Lipinski definition) is 0. The van der Waals surface area contributed by atoms with Gasteiger partial charge < -0.3 is 9.47 Å². The van der Waals surface area contributed by atoms with E-state index in [-0.39, 0.29) is 0 Å². The van der Waals surface area contributed by atoms with Crippen LogP contribution >= 0.6 is 0 Å². The third-order valence-corrected chi connectivity index (χ3v) is 22.2. The second-order valence-electron chi connectivity index (χ2n) is 28.1. The van der Waals surface area contributed by atoms with Crippen LogP contribution in [0.5, 0.6) is 23.0 Å². The number of fused-ring (bicyclic) bond motifs is 18. The molecule has 0 bridgehead atoms. The molecule has 110 heavy (non-hydrogen) atoms. The first kappa shape index (κ1) is 63.4. The molecule has 0 saturated heterocycles. The fourth-order valence-corrected chi connectivity index (χ4v) is 17.4. The summed E-state index contributed by atoms with van der Waals surface area (Å²) in [6, 6.07) is 126. The van der Waals surface area contributed by atoms with Gasteiger partial charge in [-0.15, -0.1) is 0 Å². The zero-order valence-corrected chi connectivity index (χ0v) is 58.9. The van der Waals surface area contributed by atoms with Gasteiger partial charge in [-0.05, 0) is 114 Å². The summed E-state index contributed by atoms with van der Waals surface area (Å²) in [7, 11) is 0. The van der Waals surface area contributed by atoms with Crippen molar-refractivity contribution in [2.45, 2.75) is 10.8 Å². The molecule has 0 N–H and O–H groups in total. The zero-order chi connectivity index (χ0) is 73.0. The number of ether oxygens (including phenoxy) is 2. The molecular formula is C100H58N8O2. The molecule has 2 aliphatic carbocycles. The van der Waals surface area contributed by atoms with E-state index in [1.54, 1.807) is 0 Å². The van der Waals surface area contributed by atoms with Crippen LogP contribution in [0.2, 0.25) is 0 Å². The maximum atomic E-state index is 11.0. The average Bonchev–Trinajstić information content (AvgIpc) is 1.50. The van der Waals surface area contributed by atoms with Crippen molar-refractivity contribution < 1.29 is 9.47 Å². The fraction of sp³-hybridized carbons (Fsp3) is 0.0200. The van der Waals surface area contributed by atoms with Gasteiger partial charge in [0.05, 0.1) is 22.0 Å². The standard InChI is InChI=1S/C100H58N8O2/c101-59-73-35-19-45-85-89(73)109-91-75(40-21-47-87(91)99(85)81-42-13-10-37-77(81)78-38-11-14-43-82(78)99)69-31-18-34-72(57-69)98-106-94(64-27-8-3-9-28-64)105-96(108-98)70-32-16-29-66(55-70)67-53-54-84-80(58-67)79-39-12-15-44-83(79)100(84)86-46-20-36-74(60-102)90(86)110-92-76(41-22-48-88(92)100)68-30-17-33-71(56-68)97-104-93(63-25-6-2-7-26-63)103-95(107-97)65-51-49-62(50-52-65)61-23-4-1-5-24-61/h1-58H. The number of aromatic nitrogens is 6. The number of benzene rings is 15. The van der Waals surface area contributed by atoms with E-state index in [9.17, 15) is 10.5 Å². The predicted octanol–water partition coefficient (Wildman–Crippen LogP) is 23.4. The van der Waals surface area contributed by atoms with Gasteiger partial charge in [-0.2, -0.15) is 10.5 Å². The molecule has 0 saturated carbocycles. The van der Waals surface area contributed by atoms with Crippen molar-refractivity contribution >= 4 is 0 Å². The zero-order valence-electron chi connectivity index (χ0n) is 58.9. The second-order valence-corrected chi connectivity index (χ2v) is 28.1. The van der Waals surface area contributed by atoms with Gasteiger partial charge in [0.25, 0.3) is 0 Å². The average molecular weight is 1400 g/mol. The number of para-hydroxylation sites is 4. The van der Waals surface area contributed by atoms with Gasteiger partial charge in [-0.25, -0.2) is 29.9 Å². The minimum Gasteiger partial charge on any atom is -0.455 e. The Morgan fingerprint density at radius 3 is 0.891 bits per heavy atom. The number of nitriles is 2. The topological polar surface area (TPSA) is 143 Å². The molecule has 17 aromatic rings. The van der Waals surface area contributed by atoms with Gasteiger partial charge in [-0.1, -0.05) is 315 Å². The lowest BCUT2D eigenvalue weighted by atomic mass is 9.65. The van der Waals surface area contributed by atoms with Crippen molar-refractivity contribution in [3.8, 4) is 170 Å². The van der Waals surface area contributed by atoms with Crippen LogP contribution in [0.15, 0.2) is 352 Å². The molecule has 0 fully saturated rings. The van der Waals surface area contributed by atoms with Gasteiger partial charge in [0.15, 0.2) is 34.9 Å². The summed E-state index contributed by atoms with van der Waals surface area (Å²) in [5.41, 5.74) is 24.6. The monoisotopic (exact) mass is 1400 g/mol. The molecule has 2 spiro atoms. The van der Waals surface area contributed by atoms with Crippen molar-refractivity contribution in [3.05, 3.63) is 407 Å². The Morgan fingerprint density at radius 2 is 0.455 bits per heavy atom. The predicted molar refractivity (Wildman–Crippen MR) is 432 cm³/mol. The molecule has 2 aromatic heterocycles. The van der Waals surface area contributed by atoms with E-state index in [0.29, 0.717) is 69.1 Å². The highest BCUT2D eigenvalue weighted by Gasteiger charge is 2.54. The highest BCUT2D eigenvalue weighted by atomic mass is 16.5. The van der Waals surface area contributed by atoms with Crippen molar-refractivity contribution in [2.75, 3.05) is 0 Å². The SMILES string of the molecule is N#Cc1cccc2c1Oc1c(-c3cccc(-c4nc(-c5ccccc5)nc(-c5cccc(-c6ccc7c(c6)-c6ccccc6C76c7cccc(C#N)c7Oc7c(-c8cccc(-c9nc(-c%10ccccc%10)nc(-c%10ccc(-c%11ccccc%11)cc%10)n9)c8)cccc76)c5)n4)c3)cccc1C21c2ccccc2-c2ccccc21. The Balaban J connectivity index is 0.664. The van der Waals surface area contributed by atoms with Crippen LogP contribution in [0.25, 0.3) is 135 Å². The third kappa shape index (κ3) is 9.80. The summed E-state index contributed by atoms with van der Waals surface area (Å²) in [5, 5.41) is 21.8. The van der Waals surface area contributed by atoms with Crippen LogP contribution < -0.4 is 9.47 Å². The van der Waals surface area contributed by atoms with Crippen LogP contribution in [-0.4, -0.2) is 29.9 Å². The number of rotatable bonds is 10. The van der Waals surface area contributed by atoms with E-state index in [2.05, 4.69) is 237 Å². The molecule has 10 heteroatoms. The molecule has 4 heterocycles. The molecule has 4 aliphatic rings. The summed E-state index contributed by atoms with van der Waals surface area (Å²) in [4.78, 5) is 31.3. The molecule has 1 unspecified atom stereocenters. The molecule has 0 radical (unpaired) electrons. The van der Waals surface area contributed by atoms with Gasteiger partial charge in [0, 0.05) is 66.8 Å². The molecule has 1 atom stereocenters. The highest BCUT2D eigenvalue weighted by Crippen LogP contribution is 2.66. The van der Waals surface area contributed by atoms with E-state index in [1.165, 1.54) is 0 Å². The smallest absolute Gasteiger partial charge is 0.164 e. The molecular weight excluding hydrogens is 1350 g/mol. The maximum Gasteiger partial charge on any atom is 0.164 e. The van der Waals surface area contributed by atoms with E-state index in [0.717, 1.165) is 145 Å². The quantitative estimate of drug-likeness (QED) is 0.130. The molecule has 2 aliphatic heterocycles. The molecule has 10 nitrogen and oxygen atoms in total. The van der Waals surface area contributed by atoms with Crippen molar-refractivity contribution in [1.29, 1.82) is 10.5 Å². The Morgan fingerprint density at radius 1 is 0.191 bits per heavy atom. The summed E-state index contributed by atoms with van der Waals surface area (Å²) in [6.45, 7) is 0. The number of hydrogen-bond acceptors (Lipinski definition) is 10. The van der Waals surface area contributed by atoms with Gasteiger partial charge in [-0.3, -0.25) is 0 Å². The highest BCUT2D eigenvalue weighted by molar-refractivity contribution is 5.95. The third-order valence-electron chi connectivity index (χ3n) is 22.2. The molecule has 0 amide bonds. The van der Waals surface area contributed by atoms with Crippen molar-refractivity contribution in [3.63, 3.8) is 0 Å². The summed E-state index contributed by atoms with van der Waals surface area (Å²) >= 11 is 0. The Labute approximate surface area is 634 Å². The van der Waals surface area contributed by atoms with Crippen molar-refractivity contribution in [2.24, 2.45) is 0 Å². The Bertz CT molecular complexity index is 6720. The van der Waals surface area contributed by atoms with E-state index < -0.39 is 10.8 Å². The van der Waals surface area contributed by atoms with Gasteiger partial charge >= 0.3 is 0 Å². The van der Waals surface area contributed by atoms with Gasteiger partial charge in [0.2, 0.25) is 0 Å². The Kier molecular flexibility index (Phi) is 14.6. The minimum atomic E-state index is -0.915. The van der Waals surface area contributed by atoms with Crippen molar-refractivity contribution in [1.82, 2.24) is 29.9 Å². The summed E-state index contributed by atoms with van der Waals surface area (Å²) in [6.07, 6.45) is 0. The summed E-state index contributed by atoms with van der Waals surface area (Å²) < 4.78 is 14.4. The lowest BCUT2D eigenvalue weighted by Gasteiger charge is -2.40. The number of nitrogens with zero attached hydrogens (tertiary/aromatic N) is 8. The van der Waals surface area contributed by atoms with Gasteiger partial charge in [0.1, 0.15) is 35.1 Å². The molecule has 21 rings (SSSR count). The van der Waals surface area contributed by atoms with Crippen LogP contribution in [0.4, 0.5) is 0 Å². The minimum absolute atomic E-state index is 0.436. The normalized spacial score (nSPS) is 13.9. The lowest BCUT2D eigenvalue weighted by Crippen LogP contribution is -2.32. The van der Waals surface area contributed by atoms with Crippen LogP contribution in [-0.2, 0) is 10.8 Å². The molecule has 15 aromatic carbocycles. The van der Waals surface area contributed by atoms with Crippen LogP contribution in [0, 0.1) is 22.7 Å². The van der Waals surface area contributed by atoms with Crippen LogP contribution in [0.1, 0.15) is 55.6 Å². The largest absolute Gasteiger partial charge is 0.455 e. The Hall–Kier alpha value is -15.1. The summed E-state index contributed by atoms with van der Waals surface area (Å²) in [5.74, 6) is 5.60. The first-order valence-electron chi connectivity index (χ1n) is 36.7. The first-order chi connectivity index (χ1) is 54.4. The maximum absolute atomic E-state index is 11.0.